The first-order valence-electron chi connectivity index (χ1n) is 4.14. The maximum Gasteiger partial charge on any atom is 0.433 e. The Morgan fingerprint density at radius 2 is 2.00 bits per heavy atom. The van der Waals surface area contributed by atoms with Crippen molar-refractivity contribution in [3.63, 3.8) is 0 Å². The van der Waals surface area contributed by atoms with Crippen molar-refractivity contribution in [3.8, 4) is 0 Å². The van der Waals surface area contributed by atoms with Crippen LogP contribution in [0.1, 0.15) is 5.69 Å². The number of hydrogen-bond acceptors (Lipinski definition) is 2. The number of nitrogens with zero attached hydrogens (tertiary/aromatic N) is 2. The summed E-state index contributed by atoms with van der Waals surface area (Å²) in [6.07, 6.45) is -3.42. The third-order valence-electron chi connectivity index (χ3n) is 1.91. The minimum Gasteiger partial charge on any atom is -0.269 e. The van der Waals surface area contributed by atoms with E-state index in [1.54, 1.807) is 0 Å². The van der Waals surface area contributed by atoms with Gasteiger partial charge in [-0.2, -0.15) is 13.2 Å². The minimum atomic E-state index is -4.63. The zero-order valence-corrected chi connectivity index (χ0v) is 8.38. The Kier molecular flexibility index (Phi) is 2.38. The highest BCUT2D eigenvalue weighted by Crippen LogP contribution is 2.26. The molecular weight excluding hydrogens is 245 g/mol. The molecule has 0 saturated heterocycles. The average Bonchev–Trinajstić information content (AvgIpc) is 2.17. The van der Waals surface area contributed by atoms with Crippen molar-refractivity contribution in [2.45, 2.75) is 6.18 Å². The number of hydrogen-bond donors (Lipinski definition) is 0. The van der Waals surface area contributed by atoms with Gasteiger partial charge in [-0.15, -0.1) is 0 Å². The fraction of sp³-hybridized carbons (Fsp3) is 0.111. The highest BCUT2D eigenvalue weighted by molar-refractivity contribution is 6.30. The standard InChI is InChI=1S/C9H4ClF3N2O/c10-5-1-2-7-14-6(9(11,12)13)3-8(16)15(7)4-5/h1-4H. The number of fused-ring (bicyclic) bond motifs is 1. The summed E-state index contributed by atoms with van der Waals surface area (Å²) in [6, 6.07) is 3.05. The summed E-state index contributed by atoms with van der Waals surface area (Å²) >= 11 is 5.61. The molecule has 0 N–H and O–H groups in total. The Bertz CT molecular complexity index is 606. The molecule has 2 heterocycles. The monoisotopic (exact) mass is 248 g/mol. The minimum absolute atomic E-state index is 0.0933. The highest BCUT2D eigenvalue weighted by atomic mass is 35.5. The quantitative estimate of drug-likeness (QED) is 0.717. The molecule has 0 radical (unpaired) electrons. The van der Waals surface area contributed by atoms with Crippen LogP contribution in [0.25, 0.3) is 5.65 Å². The van der Waals surface area contributed by atoms with Crippen molar-refractivity contribution in [2.75, 3.05) is 0 Å². The van der Waals surface area contributed by atoms with Gasteiger partial charge in [-0.1, -0.05) is 11.6 Å². The third-order valence-corrected chi connectivity index (χ3v) is 2.14. The van der Waals surface area contributed by atoms with E-state index >= 15 is 0 Å². The van der Waals surface area contributed by atoms with Crippen LogP contribution in [-0.4, -0.2) is 9.38 Å². The van der Waals surface area contributed by atoms with Gasteiger partial charge in [0.25, 0.3) is 5.56 Å². The summed E-state index contributed by atoms with van der Waals surface area (Å²) in [6.45, 7) is 0. The van der Waals surface area contributed by atoms with Crippen molar-refractivity contribution in [1.29, 1.82) is 0 Å². The SMILES string of the molecule is O=c1cc(C(F)(F)F)nc2ccc(Cl)cn12. The smallest absolute Gasteiger partial charge is 0.269 e. The summed E-state index contributed by atoms with van der Waals surface area (Å²) < 4.78 is 38.0. The molecule has 2 aromatic heterocycles. The molecule has 16 heavy (non-hydrogen) atoms. The fourth-order valence-electron chi connectivity index (χ4n) is 1.22. The molecule has 0 aliphatic heterocycles. The van der Waals surface area contributed by atoms with E-state index in [9.17, 15) is 18.0 Å². The molecule has 3 nitrogen and oxygen atoms in total. The van der Waals surface area contributed by atoms with Gasteiger partial charge in [-0.25, -0.2) is 4.98 Å². The first-order chi connectivity index (χ1) is 7.38. The summed E-state index contributed by atoms with van der Waals surface area (Å²) in [7, 11) is 0. The van der Waals surface area contributed by atoms with Crippen molar-refractivity contribution >= 4 is 17.2 Å². The lowest BCUT2D eigenvalue weighted by Crippen LogP contribution is -2.19. The topological polar surface area (TPSA) is 34.4 Å². The largest absolute Gasteiger partial charge is 0.433 e. The lowest BCUT2D eigenvalue weighted by atomic mass is 10.3. The van der Waals surface area contributed by atoms with E-state index in [-0.39, 0.29) is 10.7 Å². The Morgan fingerprint density at radius 1 is 1.31 bits per heavy atom. The second kappa shape index (κ2) is 3.48. The number of alkyl halides is 3. The summed E-state index contributed by atoms with van der Waals surface area (Å²) in [4.78, 5) is 14.7. The highest BCUT2D eigenvalue weighted by Gasteiger charge is 2.33. The zero-order chi connectivity index (χ0) is 11.9. The molecule has 0 bridgehead atoms. The van der Waals surface area contributed by atoms with E-state index in [1.165, 1.54) is 18.3 Å². The van der Waals surface area contributed by atoms with Crippen LogP contribution in [-0.2, 0) is 6.18 Å². The molecule has 0 saturated carbocycles. The van der Waals surface area contributed by atoms with E-state index in [2.05, 4.69) is 4.98 Å². The maximum absolute atomic E-state index is 12.3. The Labute approximate surface area is 92.1 Å². The lowest BCUT2D eigenvalue weighted by molar-refractivity contribution is -0.141. The molecule has 0 unspecified atom stereocenters. The van der Waals surface area contributed by atoms with Gasteiger partial charge < -0.3 is 0 Å². The number of halogens is 4. The fourth-order valence-corrected chi connectivity index (χ4v) is 1.38. The van der Waals surface area contributed by atoms with Gasteiger partial charge in [0.15, 0.2) is 5.69 Å². The molecule has 2 rings (SSSR count). The molecule has 0 atom stereocenters. The summed E-state index contributed by atoms with van der Waals surface area (Å²) in [5, 5.41) is 0.246. The molecule has 0 fully saturated rings. The van der Waals surface area contributed by atoms with Crippen molar-refractivity contribution < 1.29 is 13.2 Å². The number of rotatable bonds is 0. The molecule has 0 spiro atoms. The molecule has 0 amide bonds. The van der Waals surface area contributed by atoms with Crippen molar-refractivity contribution in [3.05, 3.63) is 45.5 Å². The second-order valence-electron chi connectivity index (χ2n) is 3.05. The average molecular weight is 249 g/mol. The van der Waals surface area contributed by atoms with Crippen LogP contribution >= 0.6 is 11.6 Å². The van der Waals surface area contributed by atoms with E-state index in [0.29, 0.717) is 6.07 Å². The predicted molar refractivity (Wildman–Crippen MR) is 51.5 cm³/mol. The molecule has 2 aromatic rings. The lowest BCUT2D eigenvalue weighted by Gasteiger charge is -2.06. The van der Waals surface area contributed by atoms with Gasteiger partial charge in [0.05, 0.1) is 5.02 Å². The Balaban J connectivity index is 2.79. The van der Waals surface area contributed by atoms with Crippen molar-refractivity contribution in [1.82, 2.24) is 9.38 Å². The van der Waals surface area contributed by atoms with Crippen LogP contribution in [0.3, 0.4) is 0 Å². The van der Waals surface area contributed by atoms with Gasteiger partial charge in [0.1, 0.15) is 5.65 Å². The zero-order valence-electron chi connectivity index (χ0n) is 7.62. The molecule has 7 heteroatoms. The van der Waals surface area contributed by atoms with E-state index in [1.807, 2.05) is 0 Å². The third kappa shape index (κ3) is 1.88. The summed E-state index contributed by atoms with van der Waals surface area (Å²) in [5.74, 6) is 0. The van der Waals surface area contributed by atoms with Crippen LogP contribution in [0, 0.1) is 0 Å². The molecular formula is C9H4ClF3N2O. The van der Waals surface area contributed by atoms with E-state index in [0.717, 1.165) is 4.40 Å². The predicted octanol–water partition coefficient (Wildman–Crippen LogP) is 2.37. The van der Waals surface area contributed by atoms with Gasteiger partial charge in [0.2, 0.25) is 0 Å². The molecule has 0 aliphatic carbocycles. The molecule has 84 valence electrons. The maximum atomic E-state index is 12.3. The first-order valence-corrected chi connectivity index (χ1v) is 4.52. The van der Waals surface area contributed by atoms with Gasteiger partial charge in [0, 0.05) is 12.3 Å². The number of aromatic nitrogens is 2. The first kappa shape index (κ1) is 10.9. The second-order valence-corrected chi connectivity index (χ2v) is 3.49. The van der Waals surface area contributed by atoms with Crippen LogP contribution in [0.5, 0.6) is 0 Å². The number of pyridine rings is 1. The Morgan fingerprint density at radius 3 is 2.62 bits per heavy atom. The van der Waals surface area contributed by atoms with Crippen LogP contribution in [0.2, 0.25) is 5.02 Å². The summed E-state index contributed by atoms with van der Waals surface area (Å²) in [5.41, 5.74) is -2.12. The Hall–Kier alpha value is -1.56. The molecule has 0 aromatic carbocycles. The van der Waals surface area contributed by atoms with Crippen molar-refractivity contribution in [2.24, 2.45) is 0 Å². The van der Waals surface area contributed by atoms with E-state index < -0.39 is 17.4 Å². The van der Waals surface area contributed by atoms with Crippen LogP contribution in [0.4, 0.5) is 13.2 Å². The van der Waals surface area contributed by atoms with Gasteiger partial charge in [-0.05, 0) is 12.1 Å². The van der Waals surface area contributed by atoms with Gasteiger partial charge >= 0.3 is 6.18 Å². The van der Waals surface area contributed by atoms with Crippen LogP contribution in [0.15, 0.2) is 29.2 Å². The molecule has 0 aliphatic rings. The van der Waals surface area contributed by atoms with E-state index in [4.69, 9.17) is 11.6 Å². The van der Waals surface area contributed by atoms with Gasteiger partial charge in [-0.3, -0.25) is 9.20 Å². The van der Waals surface area contributed by atoms with Crippen LogP contribution < -0.4 is 5.56 Å². The normalized spacial score (nSPS) is 12.0.